The van der Waals surface area contributed by atoms with Crippen molar-refractivity contribution >= 4 is 17.6 Å². The molecular weight excluding hydrogens is 432 g/mol. The smallest absolute Gasteiger partial charge is 0.320 e. The number of piperazine rings is 1. The molecule has 4 fully saturated rings. The van der Waals surface area contributed by atoms with Crippen molar-refractivity contribution in [3.8, 4) is 5.75 Å². The first-order valence-electron chi connectivity index (χ1n) is 12.9. The highest BCUT2D eigenvalue weighted by Crippen LogP contribution is 2.42. The average Bonchev–Trinajstić information content (AvgIpc) is 3.19. The third kappa shape index (κ3) is 4.44. The maximum absolute atomic E-state index is 13.6. The van der Waals surface area contributed by atoms with E-state index in [4.69, 9.17) is 4.74 Å². The number of anilines is 1. The van der Waals surface area contributed by atoms with Gasteiger partial charge in [0, 0.05) is 63.6 Å². The van der Waals surface area contributed by atoms with Crippen molar-refractivity contribution in [2.75, 3.05) is 57.8 Å². The van der Waals surface area contributed by atoms with E-state index in [1.807, 2.05) is 28.0 Å². The molecule has 5 rings (SSSR count). The molecule has 3 aliphatic heterocycles. The van der Waals surface area contributed by atoms with Crippen LogP contribution in [0.2, 0.25) is 0 Å². The minimum Gasteiger partial charge on any atom is -0.497 e. The SMILES string of the molecule is COc1cccc(N2CCN(C(=O)N3CCC[C@@]4(CCN(C5CCC(O)CC5)C4=O)C3)CC2)c1. The van der Waals surface area contributed by atoms with Crippen LogP contribution < -0.4 is 9.64 Å². The van der Waals surface area contributed by atoms with Gasteiger partial charge in [-0.15, -0.1) is 0 Å². The van der Waals surface area contributed by atoms with Crippen molar-refractivity contribution < 1.29 is 19.4 Å². The minimum atomic E-state index is -0.410. The molecule has 34 heavy (non-hydrogen) atoms. The molecule has 4 aliphatic rings. The van der Waals surface area contributed by atoms with Crippen LogP contribution in [-0.4, -0.2) is 96.8 Å². The number of urea groups is 1. The first kappa shape index (κ1) is 23.3. The van der Waals surface area contributed by atoms with Gasteiger partial charge in [-0.05, 0) is 57.1 Å². The van der Waals surface area contributed by atoms with E-state index in [1.165, 1.54) is 0 Å². The molecule has 8 nitrogen and oxygen atoms in total. The molecule has 1 spiro atoms. The average molecular weight is 471 g/mol. The summed E-state index contributed by atoms with van der Waals surface area (Å²) in [7, 11) is 1.68. The highest BCUT2D eigenvalue weighted by atomic mass is 16.5. The van der Waals surface area contributed by atoms with E-state index in [1.54, 1.807) is 7.11 Å². The second kappa shape index (κ2) is 9.64. The molecule has 1 N–H and O–H groups in total. The number of carbonyl (C=O) groups is 2. The lowest BCUT2D eigenvalue weighted by Gasteiger charge is -2.43. The summed E-state index contributed by atoms with van der Waals surface area (Å²) in [5, 5.41) is 9.84. The van der Waals surface area contributed by atoms with Gasteiger partial charge in [0.15, 0.2) is 0 Å². The van der Waals surface area contributed by atoms with Crippen molar-refractivity contribution in [2.45, 2.75) is 57.1 Å². The zero-order chi connectivity index (χ0) is 23.7. The van der Waals surface area contributed by atoms with Crippen LogP contribution in [0.4, 0.5) is 10.5 Å². The quantitative estimate of drug-likeness (QED) is 0.735. The molecule has 3 saturated heterocycles. The van der Waals surface area contributed by atoms with Crippen LogP contribution in [-0.2, 0) is 4.79 Å². The van der Waals surface area contributed by atoms with E-state index in [-0.39, 0.29) is 24.1 Å². The number of rotatable bonds is 3. The standard InChI is InChI=1S/C26H38N4O4/c1-34-23-5-2-4-21(18-23)27-14-16-28(17-15-27)25(33)29-12-3-10-26(19-29)11-13-30(24(26)32)20-6-8-22(31)9-7-20/h2,4-5,18,20,22,31H,3,6-17,19H2,1H3/t20?,22?,26-/m1/s1. The number of likely N-dealkylation sites (tertiary alicyclic amines) is 2. The molecule has 3 heterocycles. The summed E-state index contributed by atoms with van der Waals surface area (Å²) < 4.78 is 5.35. The molecule has 0 unspecified atom stereocenters. The number of nitrogens with zero attached hydrogens (tertiary/aromatic N) is 4. The number of methoxy groups -OCH3 is 1. The first-order chi connectivity index (χ1) is 16.5. The normalized spacial score (nSPS) is 30.2. The van der Waals surface area contributed by atoms with Crippen molar-refractivity contribution in [1.82, 2.24) is 14.7 Å². The summed E-state index contributed by atoms with van der Waals surface area (Å²) >= 11 is 0. The van der Waals surface area contributed by atoms with Crippen molar-refractivity contribution in [3.63, 3.8) is 0 Å². The molecule has 8 heteroatoms. The van der Waals surface area contributed by atoms with Crippen molar-refractivity contribution in [3.05, 3.63) is 24.3 Å². The zero-order valence-corrected chi connectivity index (χ0v) is 20.3. The van der Waals surface area contributed by atoms with Crippen LogP contribution in [0.5, 0.6) is 5.75 Å². The van der Waals surface area contributed by atoms with Crippen LogP contribution in [0.25, 0.3) is 0 Å². The third-order valence-corrected chi connectivity index (χ3v) is 8.47. The highest BCUT2D eigenvalue weighted by Gasteiger charge is 2.51. The summed E-state index contributed by atoms with van der Waals surface area (Å²) in [6.45, 7) is 5.03. The van der Waals surface area contributed by atoms with Gasteiger partial charge in [-0.1, -0.05) is 6.07 Å². The van der Waals surface area contributed by atoms with E-state index in [2.05, 4.69) is 15.9 Å². The fourth-order valence-electron chi connectivity index (χ4n) is 6.40. The Morgan fingerprint density at radius 3 is 2.50 bits per heavy atom. The summed E-state index contributed by atoms with van der Waals surface area (Å²) in [6, 6.07) is 8.40. The molecule has 1 atom stereocenters. The predicted molar refractivity (Wildman–Crippen MR) is 130 cm³/mol. The molecule has 0 bridgehead atoms. The first-order valence-corrected chi connectivity index (χ1v) is 12.9. The van der Waals surface area contributed by atoms with Gasteiger partial charge in [-0.2, -0.15) is 0 Å². The van der Waals surface area contributed by atoms with Crippen LogP contribution in [0.1, 0.15) is 44.9 Å². The Kier molecular flexibility index (Phi) is 6.60. The molecule has 0 radical (unpaired) electrons. The number of ether oxygens (including phenoxy) is 1. The molecule has 1 aliphatic carbocycles. The Bertz CT molecular complexity index is 895. The second-order valence-corrected chi connectivity index (χ2v) is 10.5. The number of aliphatic hydroxyl groups excluding tert-OH is 1. The van der Waals surface area contributed by atoms with Crippen LogP contribution in [0.15, 0.2) is 24.3 Å². The van der Waals surface area contributed by atoms with Gasteiger partial charge in [0.05, 0.1) is 18.6 Å². The zero-order valence-electron chi connectivity index (χ0n) is 20.3. The molecule has 1 aromatic carbocycles. The van der Waals surface area contributed by atoms with Crippen molar-refractivity contribution in [1.29, 1.82) is 0 Å². The van der Waals surface area contributed by atoms with Gasteiger partial charge < -0.3 is 29.4 Å². The molecule has 186 valence electrons. The molecule has 1 saturated carbocycles. The van der Waals surface area contributed by atoms with Gasteiger partial charge >= 0.3 is 6.03 Å². The second-order valence-electron chi connectivity index (χ2n) is 10.5. The lowest BCUT2D eigenvalue weighted by atomic mass is 9.78. The van der Waals surface area contributed by atoms with Crippen LogP contribution >= 0.6 is 0 Å². The van der Waals surface area contributed by atoms with Gasteiger partial charge in [0.1, 0.15) is 5.75 Å². The summed E-state index contributed by atoms with van der Waals surface area (Å²) in [5.41, 5.74) is 0.710. The predicted octanol–water partition coefficient (Wildman–Crippen LogP) is 2.56. The van der Waals surface area contributed by atoms with Gasteiger partial charge in [-0.3, -0.25) is 4.79 Å². The number of benzene rings is 1. The monoisotopic (exact) mass is 470 g/mol. The Morgan fingerprint density at radius 2 is 1.76 bits per heavy atom. The van der Waals surface area contributed by atoms with E-state index >= 15 is 0 Å². The summed E-state index contributed by atoms with van der Waals surface area (Å²) in [5.74, 6) is 1.09. The summed E-state index contributed by atoms with van der Waals surface area (Å²) in [4.78, 5) is 35.2. The van der Waals surface area contributed by atoms with E-state index in [9.17, 15) is 14.7 Å². The van der Waals surface area contributed by atoms with Gasteiger partial charge in [0.25, 0.3) is 0 Å². The molecule has 1 aromatic rings. The Balaban J connectivity index is 1.18. The van der Waals surface area contributed by atoms with Crippen LogP contribution in [0, 0.1) is 5.41 Å². The minimum absolute atomic E-state index is 0.0800. The molecule has 3 amide bonds. The van der Waals surface area contributed by atoms with Gasteiger partial charge in [0.2, 0.25) is 5.91 Å². The number of piperidine rings is 1. The number of hydrogen-bond acceptors (Lipinski definition) is 5. The van der Waals surface area contributed by atoms with Crippen LogP contribution in [0.3, 0.4) is 0 Å². The molecule has 0 aromatic heterocycles. The topological polar surface area (TPSA) is 76.6 Å². The number of carbonyl (C=O) groups excluding carboxylic acids is 2. The largest absolute Gasteiger partial charge is 0.497 e. The summed E-state index contributed by atoms with van der Waals surface area (Å²) in [6.07, 6.45) is 5.76. The molecular formula is C26H38N4O4. The van der Waals surface area contributed by atoms with Gasteiger partial charge in [-0.25, -0.2) is 4.79 Å². The van der Waals surface area contributed by atoms with Crippen molar-refractivity contribution in [2.24, 2.45) is 5.41 Å². The lowest BCUT2D eigenvalue weighted by molar-refractivity contribution is -0.141. The number of hydrogen-bond donors (Lipinski definition) is 1. The van der Waals surface area contributed by atoms with E-state index in [0.29, 0.717) is 19.6 Å². The maximum atomic E-state index is 13.6. The lowest BCUT2D eigenvalue weighted by Crippen LogP contribution is -2.57. The third-order valence-electron chi connectivity index (χ3n) is 8.47. The maximum Gasteiger partial charge on any atom is 0.320 e. The fraction of sp³-hybridized carbons (Fsp3) is 0.692. The van der Waals surface area contributed by atoms with E-state index < -0.39 is 5.41 Å². The van der Waals surface area contributed by atoms with E-state index in [0.717, 1.165) is 82.6 Å². The fourth-order valence-corrected chi connectivity index (χ4v) is 6.40. The Labute approximate surface area is 202 Å². The Hall–Kier alpha value is -2.48. The number of aliphatic hydroxyl groups is 1. The highest BCUT2D eigenvalue weighted by molar-refractivity contribution is 5.86. The number of amides is 3. The Morgan fingerprint density at radius 1 is 1.00 bits per heavy atom.